The van der Waals surface area contributed by atoms with Crippen molar-refractivity contribution in [1.29, 1.82) is 0 Å². The van der Waals surface area contributed by atoms with E-state index in [2.05, 4.69) is 17.2 Å². The Hall–Kier alpha value is -1.57. The lowest BCUT2D eigenvalue weighted by Gasteiger charge is -2.44. The van der Waals surface area contributed by atoms with Gasteiger partial charge in [-0.2, -0.15) is 0 Å². The maximum absolute atomic E-state index is 11.5. The van der Waals surface area contributed by atoms with Gasteiger partial charge < -0.3 is 20.3 Å². The Morgan fingerprint density at radius 1 is 1.64 bits per heavy atom. The lowest BCUT2D eigenvalue weighted by atomic mass is 9.69. The monoisotopic (exact) mass is 365 g/mol. The molecule has 1 saturated carbocycles. The molecule has 0 saturated heterocycles. The molecular formula is C18H27N3O3S. The van der Waals surface area contributed by atoms with Crippen LogP contribution in [0.3, 0.4) is 0 Å². The highest BCUT2D eigenvalue weighted by Gasteiger charge is 2.44. The van der Waals surface area contributed by atoms with Crippen molar-refractivity contribution in [3.8, 4) is 0 Å². The first kappa shape index (κ1) is 19.8. The molecule has 7 heteroatoms. The topological polar surface area (TPSA) is 100 Å². The Balaban J connectivity index is 2.39. The van der Waals surface area contributed by atoms with Gasteiger partial charge in [0.1, 0.15) is 17.0 Å². The molecule has 1 heterocycles. The number of nitrogens with zero attached hydrogens (tertiary/aromatic N) is 1. The third-order valence-corrected chi connectivity index (χ3v) is 5.61. The maximum atomic E-state index is 11.5. The van der Waals surface area contributed by atoms with Crippen molar-refractivity contribution in [2.24, 2.45) is 11.7 Å². The Kier molecular flexibility index (Phi) is 6.87. The first-order chi connectivity index (χ1) is 11.9. The van der Waals surface area contributed by atoms with E-state index in [-0.39, 0.29) is 11.6 Å². The van der Waals surface area contributed by atoms with Gasteiger partial charge in [-0.1, -0.05) is 18.1 Å². The number of carbonyl (C=O) groups excluding carboxylic acids is 1. The number of hydrogen-bond acceptors (Lipinski definition) is 5. The van der Waals surface area contributed by atoms with Gasteiger partial charge in [-0.05, 0) is 54.6 Å². The molecule has 1 aliphatic carbocycles. The SMILES string of the molecule is COC1(c2ccnc(C(N)=O)c2)/C(=C/NCC[S+](C)[O-])CCCC1C. The predicted octanol–water partition coefficient (Wildman–Crippen LogP) is 1.69. The van der Waals surface area contributed by atoms with Crippen molar-refractivity contribution >= 4 is 17.1 Å². The quantitative estimate of drug-likeness (QED) is 0.566. The molecular weight excluding hydrogens is 338 g/mol. The van der Waals surface area contributed by atoms with Gasteiger partial charge in [-0.15, -0.1) is 0 Å². The maximum Gasteiger partial charge on any atom is 0.267 e. The average molecular weight is 365 g/mol. The van der Waals surface area contributed by atoms with Crippen LogP contribution < -0.4 is 11.1 Å². The zero-order chi connectivity index (χ0) is 18.4. The van der Waals surface area contributed by atoms with E-state index in [9.17, 15) is 9.35 Å². The zero-order valence-electron chi connectivity index (χ0n) is 15.1. The van der Waals surface area contributed by atoms with Crippen molar-refractivity contribution < 1.29 is 14.1 Å². The van der Waals surface area contributed by atoms with Crippen molar-refractivity contribution in [1.82, 2.24) is 10.3 Å². The minimum Gasteiger partial charge on any atom is -0.617 e. The molecule has 3 atom stereocenters. The first-order valence-corrected chi connectivity index (χ1v) is 10.2. The molecule has 1 aliphatic rings. The van der Waals surface area contributed by atoms with Crippen LogP contribution in [0.2, 0.25) is 0 Å². The number of hydrogen-bond donors (Lipinski definition) is 2. The summed E-state index contributed by atoms with van der Waals surface area (Å²) >= 11 is -0.827. The summed E-state index contributed by atoms with van der Waals surface area (Å²) in [6.07, 6.45) is 8.28. The van der Waals surface area contributed by atoms with Crippen molar-refractivity contribution in [2.45, 2.75) is 31.8 Å². The van der Waals surface area contributed by atoms with Crippen molar-refractivity contribution in [2.75, 3.05) is 25.7 Å². The summed E-state index contributed by atoms with van der Waals surface area (Å²) in [6.45, 7) is 2.80. The van der Waals surface area contributed by atoms with E-state index in [0.717, 1.165) is 30.4 Å². The number of rotatable bonds is 7. The largest absolute Gasteiger partial charge is 0.617 e. The van der Waals surface area contributed by atoms with Gasteiger partial charge in [-0.3, -0.25) is 9.78 Å². The Bertz CT molecular complexity index is 636. The molecule has 1 fully saturated rings. The first-order valence-electron chi connectivity index (χ1n) is 8.46. The minimum atomic E-state index is -0.827. The third-order valence-electron chi connectivity index (χ3n) is 4.83. The van der Waals surface area contributed by atoms with E-state index < -0.39 is 22.7 Å². The van der Waals surface area contributed by atoms with E-state index >= 15 is 0 Å². The predicted molar refractivity (Wildman–Crippen MR) is 99.5 cm³/mol. The summed E-state index contributed by atoms with van der Waals surface area (Å²) in [5.41, 5.74) is 7.02. The standard InChI is InChI=1S/C18H27N3O3S/c1-13-5-4-6-15(12-20-9-10-25(3)23)18(13,24-2)14-7-8-21-16(11-14)17(19)22/h7-8,11-13,20H,4-6,9-10H2,1-3H3,(H2,19,22)/b15-12+. The van der Waals surface area contributed by atoms with Crippen LogP contribution in [0.1, 0.15) is 42.2 Å². The van der Waals surface area contributed by atoms with E-state index in [1.165, 1.54) is 0 Å². The molecule has 138 valence electrons. The summed E-state index contributed by atoms with van der Waals surface area (Å²) in [7, 11) is 1.70. The second-order valence-electron chi connectivity index (χ2n) is 6.43. The van der Waals surface area contributed by atoms with Gasteiger partial charge in [0.25, 0.3) is 5.91 Å². The van der Waals surface area contributed by atoms with Crippen LogP contribution in [0.4, 0.5) is 0 Å². The van der Waals surface area contributed by atoms with Gasteiger partial charge in [0.2, 0.25) is 0 Å². The number of primary amides is 1. The van der Waals surface area contributed by atoms with Crippen molar-refractivity contribution in [3.63, 3.8) is 0 Å². The van der Waals surface area contributed by atoms with Crippen LogP contribution >= 0.6 is 0 Å². The van der Waals surface area contributed by atoms with E-state index in [1.54, 1.807) is 25.6 Å². The molecule has 6 nitrogen and oxygen atoms in total. The summed E-state index contributed by atoms with van der Waals surface area (Å²) in [5, 5.41) is 3.26. The molecule has 3 unspecified atom stereocenters. The fraction of sp³-hybridized carbons (Fsp3) is 0.556. The van der Waals surface area contributed by atoms with E-state index in [4.69, 9.17) is 10.5 Å². The number of methoxy groups -OCH3 is 1. The summed E-state index contributed by atoms with van der Waals surface area (Å²) in [5.74, 6) is 0.286. The van der Waals surface area contributed by atoms with Gasteiger partial charge in [-0.25, -0.2) is 0 Å². The number of nitrogens with two attached hydrogens (primary N) is 1. The number of ether oxygens (including phenoxy) is 1. The van der Waals surface area contributed by atoms with Gasteiger partial charge in [0.05, 0.1) is 12.8 Å². The zero-order valence-corrected chi connectivity index (χ0v) is 15.9. The van der Waals surface area contributed by atoms with Crippen LogP contribution in [0.15, 0.2) is 30.1 Å². The fourth-order valence-electron chi connectivity index (χ4n) is 3.60. The van der Waals surface area contributed by atoms with Gasteiger partial charge in [0.15, 0.2) is 0 Å². The highest BCUT2D eigenvalue weighted by atomic mass is 32.2. The van der Waals surface area contributed by atoms with Crippen LogP contribution in [-0.4, -0.2) is 41.1 Å². The fourth-order valence-corrected chi connectivity index (χ4v) is 4.00. The average Bonchev–Trinajstić information content (AvgIpc) is 2.59. The molecule has 0 spiro atoms. The van der Waals surface area contributed by atoms with Crippen LogP contribution in [-0.2, 0) is 21.5 Å². The molecule has 1 aromatic heterocycles. The molecule has 25 heavy (non-hydrogen) atoms. The van der Waals surface area contributed by atoms with Crippen molar-refractivity contribution in [3.05, 3.63) is 41.4 Å². The summed E-state index contributed by atoms with van der Waals surface area (Å²) < 4.78 is 17.3. The smallest absolute Gasteiger partial charge is 0.267 e. The highest BCUT2D eigenvalue weighted by Crippen LogP contribution is 2.47. The second-order valence-corrected chi connectivity index (χ2v) is 7.98. The summed E-state index contributed by atoms with van der Waals surface area (Å²) in [4.78, 5) is 15.6. The Labute approximate surface area is 152 Å². The molecule has 0 bridgehead atoms. The van der Waals surface area contributed by atoms with Gasteiger partial charge >= 0.3 is 0 Å². The van der Waals surface area contributed by atoms with Crippen LogP contribution in [0.25, 0.3) is 0 Å². The number of nitrogens with one attached hydrogen (secondary N) is 1. The highest BCUT2D eigenvalue weighted by molar-refractivity contribution is 7.90. The number of pyridine rings is 1. The molecule has 2 rings (SSSR count). The second kappa shape index (κ2) is 8.69. The van der Waals surface area contributed by atoms with Gasteiger partial charge in [0, 0.05) is 13.3 Å². The van der Waals surface area contributed by atoms with E-state index in [1.807, 2.05) is 12.3 Å². The summed E-state index contributed by atoms with van der Waals surface area (Å²) in [6, 6.07) is 3.61. The minimum absolute atomic E-state index is 0.236. The number of aromatic nitrogens is 1. The molecule has 0 radical (unpaired) electrons. The normalized spacial score (nSPS) is 26.4. The molecule has 1 aromatic rings. The lowest BCUT2D eigenvalue weighted by Crippen LogP contribution is -2.41. The lowest BCUT2D eigenvalue weighted by molar-refractivity contribution is -0.0434. The third kappa shape index (κ3) is 4.34. The van der Waals surface area contributed by atoms with Crippen LogP contribution in [0, 0.1) is 5.92 Å². The number of amides is 1. The molecule has 1 amide bonds. The molecule has 0 aliphatic heterocycles. The molecule has 0 aromatic carbocycles. The Morgan fingerprint density at radius 2 is 2.40 bits per heavy atom. The van der Waals surface area contributed by atoms with Crippen LogP contribution in [0.5, 0.6) is 0 Å². The van der Waals surface area contributed by atoms with E-state index in [0.29, 0.717) is 12.3 Å². The Morgan fingerprint density at radius 3 is 3.04 bits per heavy atom. The molecule has 3 N–H and O–H groups in total. The number of carbonyl (C=O) groups is 1.